The van der Waals surface area contributed by atoms with Crippen LogP contribution in [0.2, 0.25) is 0 Å². The summed E-state index contributed by atoms with van der Waals surface area (Å²) >= 11 is 0. The van der Waals surface area contributed by atoms with Crippen LogP contribution < -0.4 is 5.32 Å². The molecule has 3 unspecified atom stereocenters. The lowest BCUT2D eigenvalue weighted by atomic mass is 9.86. The highest BCUT2D eigenvalue weighted by molar-refractivity contribution is 5.79. The third kappa shape index (κ3) is 2.76. The van der Waals surface area contributed by atoms with Gasteiger partial charge in [0.2, 0.25) is 5.91 Å². The molecule has 16 heavy (non-hydrogen) atoms. The first kappa shape index (κ1) is 13.5. The van der Waals surface area contributed by atoms with Crippen molar-refractivity contribution in [1.82, 2.24) is 10.2 Å². The fraction of sp³-hybridized carbons (Fsp3) is 0.923. The van der Waals surface area contributed by atoms with Gasteiger partial charge < -0.3 is 10.2 Å². The molecular weight excluding hydrogens is 200 g/mol. The maximum Gasteiger partial charge on any atom is 0.227 e. The van der Waals surface area contributed by atoms with Gasteiger partial charge in [-0.2, -0.15) is 0 Å². The Morgan fingerprint density at radius 3 is 2.31 bits per heavy atom. The molecule has 1 aliphatic heterocycles. The zero-order chi connectivity index (χ0) is 12.5. The van der Waals surface area contributed by atoms with Gasteiger partial charge in [-0.05, 0) is 24.8 Å². The molecule has 0 aromatic heterocycles. The predicted molar refractivity (Wildman–Crippen MR) is 67.2 cm³/mol. The highest BCUT2D eigenvalue weighted by Crippen LogP contribution is 2.26. The molecule has 0 bridgehead atoms. The van der Waals surface area contributed by atoms with E-state index in [4.69, 9.17) is 0 Å². The van der Waals surface area contributed by atoms with Crippen molar-refractivity contribution in [1.29, 1.82) is 0 Å². The summed E-state index contributed by atoms with van der Waals surface area (Å²) in [6.07, 6.45) is 0. The first-order valence-electron chi connectivity index (χ1n) is 6.22. The van der Waals surface area contributed by atoms with Crippen LogP contribution in [-0.2, 0) is 4.79 Å². The summed E-state index contributed by atoms with van der Waals surface area (Å²) in [5.41, 5.74) is 0.139. The standard InChI is InChI=1S/C13H26N2O/c1-9-7-14-8-11(9)12(16)15(6)10(2)13(3,4)5/h9-11,14H,7-8H2,1-6H3. The van der Waals surface area contributed by atoms with Crippen molar-refractivity contribution < 1.29 is 4.79 Å². The van der Waals surface area contributed by atoms with Crippen LogP contribution in [0.4, 0.5) is 0 Å². The van der Waals surface area contributed by atoms with E-state index in [1.807, 2.05) is 11.9 Å². The number of hydrogen-bond donors (Lipinski definition) is 1. The largest absolute Gasteiger partial charge is 0.342 e. The third-order valence-electron chi connectivity index (χ3n) is 4.02. The van der Waals surface area contributed by atoms with Crippen molar-refractivity contribution in [3.63, 3.8) is 0 Å². The Hall–Kier alpha value is -0.570. The van der Waals surface area contributed by atoms with Gasteiger partial charge in [-0.25, -0.2) is 0 Å². The molecule has 94 valence electrons. The lowest BCUT2D eigenvalue weighted by Crippen LogP contribution is -2.46. The van der Waals surface area contributed by atoms with Crippen molar-refractivity contribution in [2.75, 3.05) is 20.1 Å². The molecule has 0 saturated carbocycles. The van der Waals surface area contributed by atoms with E-state index in [2.05, 4.69) is 39.9 Å². The maximum absolute atomic E-state index is 12.3. The molecule has 3 atom stereocenters. The average Bonchev–Trinajstić information content (AvgIpc) is 2.59. The van der Waals surface area contributed by atoms with Gasteiger partial charge in [0.15, 0.2) is 0 Å². The molecule has 0 radical (unpaired) electrons. The maximum atomic E-state index is 12.3. The van der Waals surface area contributed by atoms with E-state index in [1.165, 1.54) is 0 Å². The van der Waals surface area contributed by atoms with Gasteiger partial charge in [-0.3, -0.25) is 4.79 Å². The molecule has 1 N–H and O–H groups in total. The van der Waals surface area contributed by atoms with Crippen LogP contribution in [-0.4, -0.2) is 37.0 Å². The van der Waals surface area contributed by atoms with E-state index in [9.17, 15) is 4.79 Å². The molecule has 1 fully saturated rings. The van der Waals surface area contributed by atoms with E-state index < -0.39 is 0 Å². The molecule has 1 rings (SSSR count). The number of nitrogens with zero attached hydrogens (tertiary/aromatic N) is 1. The van der Waals surface area contributed by atoms with Crippen LogP contribution in [0.25, 0.3) is 0 Å². The van der Waals surface area contributed by atoms with Gasteiger partial charge >= 0.3 is 0 Å². The average molecular weight is 226 g/mol. The first-order chi connectivity index (χ1) is 7.25. The minimum absolute atomic E-state index is 0.139. The van der Waals surface area contributed by atoms with Crippen LogP contribution in [0, 0.1) is 17.3 Å². The predicted octanol–water partition coefficient (Wildman–Crippen LogP) is 1.73. The van der Waals surface area contributed by atoms with Gasteiger partial charge in [0.25, 0.3) is 0 Å². The second-order valence-electron chi connectivity index (χ2n) is 6.23. The molecule has 0 aromatic rings. The summed E-state index contributed by atoms with van der Waals surface area (Å²) in [7, 11) is 1.93. The van der Waals surface area contributed by atoms with Crippen LogP contribution in [0.1, 0.15) is 34.6 Å². The monoisotopic (exact) mass is 226 g/mol. The molecule has 1 aliphatic rings. The van der Waals surface area contributed by atoms with Crippen LogP contribution in [0.5, 0.6) is 0 Å². The Bertz CT molecular complexity index is 257. The Morgan fingerprint density at radius 1 is 1.38 bits per heavy atom. The lowest BCUT2D eigenvalue weighted by Gasteiger charge is -2.37. The molecule has 1 saturated heterocycles. The van der Waals surface area contributed by atoms with Gasteiger partial charge in [0.05, 0.1) is 5.92 Å². The summed E-state index contributed by atoms with van der Waals surface area (Å²) in [5, 5.41) is 3.29. The molecule has 3 nitrogen and oxygen atoms in total. The van der Waals surface area contributed by atoms with E-state index in [0.29, 0.717) is 11.8 Å². The smallest absolute Gasteiger partial charge is 0.227 e. The summed E-state index contributed by atoms with van der Waals surface area (Å²) in [5.74, 6) is 0.914. The van der Waals surface area contributed by atoms with Crippen molar-refractivity contribution in [3.8, 4) is 0 Å². The zero-order valence-electron chi connectivity index (χ0n) is 11.5. The number of carbonyl (C=O) groups excluding carboxylic acids is 1. The summed E-state index contributed by atoms with van der Waals surface area (Å²) in [4.78, 5) is 14.3. The quantitative estimate of drug-likeness (QED) is 0.778. The summed E-state index contributed by atoms with van der Waals surface area (Å²) in [6.45, 7) is 12.6. The van der Waals surface area contributed by atoms with Crippen LogP contribution >= 0.6 is 0 Å². The van der Waals surface area contributed by atoms with Crippen molar-refractivity contribution in [2.45, 2.75) is 40.7 Å². The zero-order valence-corrected chi connectivity index (χ0v) is 11.5. The van der Waals surface area contributed by atoms with Gasteiger partial charge in [-0.1, -0.05) is 27.7 Å². The fourth-order valence-corrected chi connectivity index (χ4v) is 2.17. The van der Waals surface area contributed by atoms with E-state index >= 15 is 0 Å². The molecule has 1 heterocycles. The van der Waals surface area contributed by atoms with E-state index in [-0.39, 0.29) is 17.4 Å². The molecule has 1 amide bonds. The van der Waals surface area contributed by atoms with Gasteiger partial charge in [0, 0.05) is 19.6 Å². The van der Waals surface area contributed by atoms with Gasteiger partial charge in [0.1, 0.15) is 0 Å². The lowest BCUT2D eigenvalue weighted by molar-refractivity contribution is -0.138. The molecular formula is C13H26N2O. The Morgan fingerprint density at radius 2 is 1.94 bits per heavy atom. The molecule has 0 aliphatic carbocycles. The van der Waals surface area contributed by atoms with E-state index in [0.717, 1.165) is 13.1 Å². The summed E-state index contributed by atoms with van der Waals surface area (Å²) < 4.78 is 0. The SMILES string of the molecule is CC1CNCC1C(=O)N(C)C(C)C(C)(C)C. The fourth-order valence-electron chi connectivity index (χ4n) is 2.17. The molecule has 0 aromatic carbocycles. The first-order valence-corrected chi connectivity index (χ1v) is 6.22. The van der Waals surface area contributed by atoms with Crippen LogP contribution in [0.3, 0.4) is 0 Å². The molecule has 0 spiro atoms. The van der Waals surface area contributed by atoms with Crippen molar-refractivity contribution in [3.05, 3.63) is 0 Å². The topological polar surface area (TPSA) is 32.3 Å². The third-order valence-corrected chi connectivity index (χ3v) is 4.02. The van der Waals surface area contributed by atoms with E-state index in [1.54, 1.807) is 0 Å². The Labute approximate surface area is 99.6 Å². The number of rotatable bonds is 2. The number of carbonyl (C=O) groups is 1. The number of nitrogens with one attached hydrogen (secondary N) is 1. The van der Waals surface area contributed by atoms with Gasteiger partial charge in [-0.15, -0.1) is 0 Å². The molecule has 3 heteroatoms. The second kappa shape index (κ2) is 4.74. The normalized spacial score (nSPS) is 27.9. The highest BCUT2D eigenvalue weighted by atomic mass is 16.2. The number of amides is 1. The van der Waals surface area contributed by atoms with Crippen molar-refractivity contribution in [2.24, 2.45) is 17.3 Å². The highest BCUT2D eigenvalue weighted by Gasteiger charge is 2.35. The minimum Gasteiger partial charge on any atom is -0.342 e. The Balaban J connectivity index is 2.67. The summed E-state index contributed by atoms with van der Waals surface area (Å²) in [6, 6.07) is 0.271. The second-order valence-corrected chi connectivity index (χ2v) is 6.23. The number of hydrogen-bond acceptors (Lipinski definition) is 2. The van der Waals surface area contributed by atoms with Crippen LogP contribution in [0.15, 0.2) is 0 Å². The minimum atomic E-state index is 0.139. The van der Waals surface area contributed by atoms with Crippen molar-refractivity contribution >= 4 is 5.91 Å². The Kier molecular flexibility index (Phi) is 4.00.